The maximum absolute atomic E-state index is 8.86. The van der Waals surface area contributed by atoms with Gasteiger partial charge in [-0.05, 0) is 11.3 Å². The molecule has 1 aromatic rings. The van der Waals surface area contributed by atoms with Crippen molar-refractivity contribution in [2.45, 2.75) is 27.7 Å². The van der Waals surface area contributed by atoms with Gasteiger partial charge in [0.15, 0.2) is 11.5 Å². The molecule has 16 heavy (non-hydrogen) atoms. The van der Waals surface area contributed by atoms with Crippen molar-refractivity contribution in [2.24, 2.45) is 11.3 Å². The molecule has 1 heterocycles. The Bertz CT molecular complexity index is 390. The summed E-state index contributed by atoms with van der Waals surface area (Å²) in [5, 5.41) is 12.1. The Labute approximate surface area is 96.7 Å². The lowest BCUT2D eigenvalue weighted by atomic mass is 9.81. The molecule has 0 spiro atoms. The first-order valence-corrected chi connectivity index (χ1v) is 5.42. The van der Waals surface area contributed by atoms with Crippen molar-refractivity contribution in [3.05, 3.63) is 18.1 Å². The highest BCUT2D eigenvalue weighted by Gasteiger charge is 2.22. The molecule has 0 atom stereocenters. The first-order chi connectivity index (χ1) is 7.47. The highest BCUT2D eigenvalue weighted by Crippen LogP contribution is 2.26. The number of aromatic nitrogens is 2. The molecule has 0 bridgehead atoms. The van der Waals surface area contributed by atoms with E-state index in [1.807, 2.05) is 6.07 Å². The number of nitriles is 1. The van der Waals surface area contributed by atoms with Crippen LogP contribution >= 0.6 is 0 Å². The van der Waals surface area contributed by atoms with Crippen LogP contribution in [0.4, 0.5) is 5.82 Å². The summed E-state index contributed by atoms with van der Waals surface area (Å²) >= 11 is 0. The number of hydrogen-bond donors (Lipinski definition) is 1. The van der Waals surface area contributed by atoms with Crippen LogP contribution in [-0.2, 0) is 0 Å². The first-order valence-electron chi connectivity index (χ1n) is 5.42. The minimum atomic E-state index is 0.157. The summed E-state index contributed by atoms with van der Waals surface area (Å²) in [5.41, 5.74) is 0.506. The normalized spacial score (nSPS) is 11.2. The van der Waals surface area contributed by atoms with Crippen LogP contribution in [0.5, 0.6) is 0 Å². The van der Waals surface area contributed by atoms with Gasteiger partial charge in [-0.1, -0.05) is 27.7 Å². The molecule has 4 nitrogen and oxygen atoms in total. The van der Waals surface area contributed by atoms with Crippen molar-refractivity contribution in [2.75, 3.05) is 11.9 Å². The zero-order chi connectivity index (χ0) is 12.2. The number of nitrogens with one attached hydrogen (secondary N) is 1. The van der Waals surface area contributed by atoms with Crippen molar-refractivity contribution >= 4 is 5.82 Å². The highest BCUT2D eigenvalue weighted by molar-refractivity contribution is 5.46. The minimum absolute atomic E-state index is 0.157. The molecule has 0 saturated heterocycles. The smallest absolute Gasteiger partial charge is 0.182 e. The molecule has 0 aromatic carbocycles. The molecule has 86 valence electrons. The molecule has 1 N–H and O–H groups in total. The Morgan fingerprint density at radius 1 is 1.38 bits per heavy atom. The molecule has 0 fully saturated rings. The second-order valence-electron chi connectivity index (χ2n) is 4.86. The summed E-state index contributed by atoms with van der Waals surface area (Å²) < 4.78 is 0. The molecule has 0 aliphatic rings. The lowest BCUT2D eigenvalue weighted by Crippen LogP contribution is -2.29. The SMILES string of the molecule is CC(C)C(C)(C)CNc1nccnc1C#N. The highest BCUT2D eigenvalue weighted by atomic mass is 15.0. The minimum Gasteiger partial charge on any atom is -0.367 e. The standard InChI is InChI=1S/C12H18N4/c1-9(2)12(3,4)8-16-11-10(7-13)14-5-6-15-11/h5-6,9H,8H2,1-4H3,(H,15,16). The molecule has 0 amide bonds. The van der Waals surface area contributed by atoms with Gasteiger partial charge in [-0.3, -0.25) is 0 Å². The van der Waals surface area contributed by atoms with E-state index in [9.17, 15) is 0 Å². The van der Waals surface area contributed by atoms with Gasteiger partial charge in [0.25, 0.3) is 0 Å². The Balaban J connectivity index is 2.72. The number of rotatable bonds is 4. The second-order valence-corrected chi connectivity index (χ2v) is 4.86. The molecule has 0 radical (unpaired) electrons. The Morgan fingerprint density at radius 2 is 2.00 bits per heavy atom. The van der Waals surface area contributed by atoms with Crippen molar-refractivity contribution < 1.29 is 0 Å². The molecule has 0 aliphatic heterocycles. The third-order valence-electron chi connectivity index (χ3n) is 3.08. The molecule has 4 heteroatoms. The van der Waals surface area contributed by atoms with E-state index < -0.39 is 0 Å². The number of anilines is 1. The molecule has 1 aromatic heterocycles. The quantitative estimate of drug-likeness (QED) is 0.843. The lowest BCUT2D eigenvalue weighted by molar-refractivity contribution is 0.269. The van der Waals surface area contributed by atoms with E-state index in [2.05, 4.69) is 43.0 Å². The predicted molar refractivity (Wildman–Crippen MR) is 63.9 cm³/mol. The third-order valence-corrected chi connectivity index (χ3v) is 3.08. The maximum atomic E-state index is 8.86. The van der Waals surface area contributed by atoms with E-state index in [4.69, 9.17) is 5.26 Å². The monoisotopic (exact) mass is 218 g/mol. The molecule has 0 saturated carbocycles. The van der Waals surface area contributed by atoms with Crippen LogP contribution < -0.4 is 5.32 Å². The van der Waals surface area contributed by atoms with Crippen LogP contribution in [0.25, 0.3) is 0 Å². The number of nitrogens with zero attached hydrogens (tertiary/aromatic N) is 3. The second kappa shape index (κ2) is 4.93. The topological polar surface area (TPSA) is 61.6 Å². The average Bonchev–Trinajstić information content (AvgIpc) is 2.26. The fourth-order valence-corrected chi connectivity index (χ4v) is 1.06. The van der Waals surface area contributed by atoms with E-state index in [1.54, 1.807) is 6.20 Å². The van der Waals surface area contributed by atoms with Crippen LogP contribution in [0.1, 0.15) is 33.4 Å². The first kappa shape index (κ1) is 12.4. The van der Waals surface area contributed by atoms with Crippen molar-refractivity contribution in [1.82, 2.24) is 9.97 Å². The van der Waals surface area contributed by atoms with E-state index in [-0.39, 0.29) is 5.41 Å². The van der Waals surface area contributed by atoms with Crippen LogP contribution in [0.15, 0.2) is 12.4 Å². The summed E-state index contributed by atoms with van der Waals surface area (Å²) in [5.74, 6) is 1.13. The van der Waals surface area contributed by atoms with Crippen molar-refractivity contribution in [3.63, 3.8) is 0 Å². The predicted octanol–water partition coefficient (Wildman–Crippen LogP) is 2.44. The van der Waals surface area contributed by atoms with Gasteiger partial charge in [-0.2, -0.15) is 5.26 Å². The van der Waals surface area contributed by atoms with Crippen LogP contribution in [0, 0.1) is 22.7 Å². The molecular formula is C12H18N4. The Kier molecular flexibility index (Phi) is 3.83. The zero-order valence-electron chi connectivity index (χ0n) is 10.3. The van der Waals surface area contributed by atoms with E-state index in [0.717, 1.165) is 6.54 Å². The summed E-state index contributed by atoms with van der Waals surface area (Å²) in [4.78, 5) is 8.07. The Hall–Kier alpha value is -1.63. The lowest BCUT2D eigenvalue weighted by Gasteiger charge is -2.29. The summed E-state index contributed by atoms with van der Waals surface area (Å²) in [6.07, 6.45) is 3.11. The van der Waals surface area contributed by atoms with Gasteiger partial charge in [0.2, 0.25) is 0 Å². The van der Waals surface area contributed by atoms with Gasteiger partial charge in [-0.25, -0.2) is 9.97 Å². The molecular weight excluding hydrogens is 200 g/mol. The summed E-state index contributed by atoms with van der Waals surface area (Å²) in [6.45, 7) is 9.52. The van der Waals surface area contributed by atoms with Crippen LogP contribution in [-0.4, -0.2) is 16.5 Å². The van der Waals surface area contributed by atoms with E-state index in [0.29, 0.717) is 17.4 Å². The van der Waals surface area contributed by atoms with E-state index in [1.165, 1.54) is 6.20 Å². The van der Waals surface area contributed by atoms with E-state index >= 15 is 0 Å². The molecule has 1 rings (SSSR count). The molecule has 0 aliphatic carbocycles. The average molecular weight is 218 g/mol. The zero-order valence-corrected chi connectivity index (χ0v) is 10.3. The molecule has 0 unspecified atom stereocenters. The number of hydrogen-bond acceptors (Lipinski definition) is 4. The fourth-order valence-electron chi connectivity index (χ4n) is 1.06. The summed E-state index contributed by atoms with van der Waals surface area (Å²) in [7, 11) is 0. The van der Waals surface area contributed by atoms with Gasteiger partial charge >= 0.3 is 0 Å². The van der Waals surface area contributed by atoms with Gasteiger partial charge in [0, 0.05) is 18.9 Å². The van der Waals surface area contributed by atoms with Crippen molar-refractivity contribution in [1.29, 1.82) is 5.26 Å². The largest absolute Gasteiger partial charge is 0.367 e. The van der Waals surface area contributed by atoms with Gasteiger partial charge in [0.05, 0.1) is 0 Å². The third kappa shape index (κ3) is 2.93. The summed E-state index contributed by atoms with van der Waals surface area (Å²) in [6, 6.07) is 2.02. The van der Waals surface area contributed by atoms with Crippen molar-refractivity contribution in [3.8, 4) is 6.07 Å². The maximum Gasteiger partial charge on any atom is 0.182 e. The van der Waals surface area contributed by atoms with Gasteiger partial charge in [-0.15, -0.1) is 0 Å². The van der Waals surface area contributed by atoms with Gasteiger partial charge in [0.1, 0.15) is 6.07 Å². The van der Waals surface area contributed by atoms with Crippen LogP contribution in [0.3, 0.4) is 0 Å². The van der Waals surface area contributed by atoms with Crippen LogP contribution in [0.2, 0.25) is 0 Å². The Morgan fingerprint density at radius 3 is 2.56 bits per heavy atom. The fraction of sp³-hybridized carbons (Fsp3) is 0.583. The van der Waals surface area contributed by atoms with Gasteiger partial charge < -0.3 is 5.32 Å².